The van der Waals surface area contributed by atoms with Gasteiger partial charge in [0, 0.05) is 15.8 Å². The Labute approximate surface area is 132 Å². The maximum atomic E-state index is 12.2. The van der Waals surface area contributed by atoms with Crippen molar-refractivity contribution in [3.05, 3.63) is 51.0 Å². The Kier molecular flexibility index (Phi) is 4.24. The molecule has 0 saturated heterocycles. The second-order valence-corrected chi connectivity index (χ2v) is 6.38. The van der Waals surface area contributed by atoms with E-state index in [4.69, 9.17) is 17.3 Å². The molecule has 0 aliphatic carbocycles. The van der Waals surface area contributed by atoms with Crippen LogP contribution in [0.2, 0.25) is 5.02 Å². The van der Waals surface area contributed by atoms with E-state index in [-0.39, 0.29) is 5.91 Å². The smallest absolute Gasteiger partial charge is 0.258 e. The fourth-order valence-electron chi connectivity index (χ4n) is 2.48. The molecule has 1 unspecified atom stereocenters. The van der Waals surface area contributed by atoms with Crippen LogP contribution in [0.1, 0.15) is 23.2 Å². The first kappa shape index (κ1) is 14.5. The molecule has 0 fully saturated rings. The minimum Gasteiger partial charge on any atom is -0.340 e. The largest absolute Gasteiger partial charge is 0.340 e. The molecule has 0 bridgehead atoms. The number of carbonyl (C=O) groups excluding carboxylic acids is 1. The first-order chi connectivity index (χ1) is 10.2. The Hall–Kier alpha value is -1.43. The number of hydrogen-bond donors (Lipinski definition) is 3. The van der Waals surface area contributed by atoms with Crippen LogP contribution in [0.25, 0.3) is 0 Å². The summed E-state index contributed by atoms with van der Waals surface area (Å²) < 4.78 is 0. The lowest BCUT2D eigenvalue weighted by Crippen LogP contribution is -2.34. The molecule has 2 aliphatic rings. The molecule has 6 heteroatoms. The lowest BCUT2D eigenvalue weighted by Gasteiger charge is -2.24. The molecule has 1 atom stereocenters. The number of halogens is 1. The quantitative estimate of drug-likeness (QED) is 0.799. The molecule has 0 spiro atoms. The third-order valence-electron chi connectivity index (χ3n) is 3.53. The molecule has 4 N–H and O–H groups in total. The lowest BCUT2D eigenvalue weighted by molar-refractivity contribution is 0.0963. The minimum absolute atomic E-state index is 0.104. The van der Waals surface area contributed by atoms with Crippen molar-refractivity contribution in [2.75, 3.05) is 11.9 Å². The van der Waals surface area contributed by atoms with Gasteiger partial charge in [0.2, 0.25) is 0 Å². The van der Waals surface area contributed by atoms with Crippen LogP contribution in [0.15, 0.2) is 40.4 Å². The molecule has 2 aliphatic heterocycles. The molecule has 3 rings (SSSR count). The minimum atomic E-state index is -0.104. The van der Waals surface area contributed by atoms with Gasteiger partial charge in [-0.05, 0) is 43.0 Å². The molecular formula is C15H16ClN3OS. The number of fused-ring (bicyclic) bond motifs is 1. The molecular weight excluding hydrogens is 306 g/mol. The summed E-state index contributed by atoms with van der Waals surface area (Å²) in [6.07, 6.45) is 4.10. The number of carbonyl (C=O) groups is 1. The number of nitrogens with one attached hydrogen (secondary N) is 2. The summed E-state index contributed by atoms with van der Waals surface area (Å²) >= 11 is 7.65. The highest BCUT2D eigenvalue weighted by atomic mass is 35.5. The van der Waals surface area contributed by atoms with Gasteiger partial charge in [-0.25, -0.2) is 0 Å². The second kappa shape index (κ2) is 6.13. The van der Waals surface area contributed by atoms with E-state index in [1.807, 2.05) is 0 Å². The normalized spacial score (nSPS) is 23.7. The van der Waals surface area contributed by atoms with E-state index in [0.29, 0.717) is 23.0 Å². The predicted octanol–water partition coefficient (Wildman–Crippen LogP) is 3.28. The van der Waals surface area contributed by atoms with E-state index >= 15 is 0 Å². The summed E-state index contributed by atoms with van der Waals surface area (Å²) in [5, 5.41) is 8.89. The van der Waals surface area contributed by atoms with Crippen molar-refractivity contribution in [2.24, 2.45) is 11.7 Å². The van der Waals surface area contributed by atoms with Gasteiger partial charge >= 0.3 is 0 Å². The Morgan fingerprint density at radius 2 is 2.19 bits per heavy atom. The van der Waals surface area contributed by atoms with Gasteiger partial charge in [0.15, 0.2) is 0 Å². The standard InChI is InChI=1S/C15H16ClN3OS/c16-10-3-4-11-12(8-10)18-14(19-15(11)20)13-9(2-1-6-17)5-7-21-13/h3-5,7-9,18H,1-2,6,17H2,(H,19,20). The van der Waals surface area contributed by atoms with Gasteiger partial charge in [0.1, 0.15) is 5.82 Å². The second-order valence-electron chi connectivity index (χ2n) is 4.99. The van der Waals surface area contributed by atoms with E-state index in [1.54, 1.807) is 30.0 Å². The number of amides is 1. The van der Waals surface area contributed by atoms with E-state index in [1.165, 1.54) is 0 Å². The van der Waals surface area contributed by atoms with E-state index in [0.717, 1.165) is 29.3 Å². The van der Waals surface area contributed by atoms with Crippen LogP contribution < -0.4 is 16.4 Å². The Balaban J connectivity index is 1.90. The van der Waals surface area contributed by atoms with Gasteiger partial charge in [-0.15, -0.1) is 0 Å². The SMILES string of the molecule is NCCCC1C=CSC1=C1NC(=O)c2ccc(Cl)cc2N1. The monoisotopic (exact) mass is 321 g/mol. The highest BCUT2D eigenvalue weighted by Gasteiger charge is 2.26. The van der Waals surface area contributed by atoms with Crippen molar-refractivity contribution in [3.8, 4) is 0 Å². The summed E-state index contributed by atoms with van der Waals surface area (Å²) in [6, 6.07) is 5.22. The topological polar surface area (TPSA) is 67.1 Å². The zero-order valence-corrected chi connectivity index (χ0v) is 12.9. The molecule has 0 radical (unpaired) electrons. The number of hydrogen-bond acceptors (Lipinski definition) is 4. The number of anilines is 1. The number of rotatable bonds is 3. The van der Waals surface area contributed by atoms with Gasteiger partial charge in [-0.3, -0.25) is 4.79 Å². The third kappa shape index (κ3) is 2.95. The number of nitrogens with two attached hydrogens (primary N) is 1. The van der Waals surface area contributed by atoms with Crippen LogP contribution in [0.3, 0.4) is 0 Å². The van der Waals surface area contributed by atoms with Crippen LogP contribution in [0.5, 0.6) is 0 Å². The van der Waals surface area contributed by atoms with Crippen molar-refractivity contribution in [1.82, 2.24) is 5.32 Å². The summed E-state index contributed by atoms with van der Waals surface area (Å²) in [6.45, 7) is 0.676. The van der Waals surface area contributed by atoms with Crippen LogP contribution in [0.4, 0.5) is 5.69 Å². The zero-order valence-electron chi connectivity index (χ0n) is 11.4. The Morgan fingerprint density at radius 1 is 1.33 bits per heavy atom. The summed E-state index contributed by atoms with van der Waals surface area (Å²) in [7, 11) is 0. The fraction of sp³-hybridized carbons (Fsp3) is 0.267. The van der Waals surface area contributed by atoms with Gasteiger partial charge in [-0.1, -0.05) is 29.4 Å². The van der Waals surface area contributed by atoms with Crippen molar-refractivity contribution < 1.29 is 4.79 Å². The molecule has 1 aromatic rings. The average Bonchev–Trinajstić information content (AvgIpc) is 2.92. The van der Waals surface area contributed by atoms with E-state index in [2.05, 4.69) is 22.1 Å². The molecule has 21 heavy (non-hydrogen) atoms. The number of benzene rings is 1. The van der Waals surface area contributed by atoms with Gasteiger partial charge in [0.25, 0.3) is 5.91 Å². The van der Waals surface area contributed by atoms with Crippen molar-refractivity contribution in [1.29, 1.82) is 0 Å². The molecule has 2 heterocycles. The summed E-state index contributed by atoms with van der Waals surface area (Å²) in [5.74, 6) is 0.960. The predicted molar refractivity (Wildman–Crippen MR) is 88.1 cm³/mol. The Bertz CT molecular complexity index is 642. The van der Waals surface area contributed by atoms with Crippen LogP contribution >= 0.6 is 23.4 Å². The summed E-state index contributed by atoms with van der Waals surface area (Å²) in [5.41, 5.74) is 6.94. The molecule has 110 valence electrons. The van der Waals surface area contributed by atoms with Crippen LogP contribution in [-0.4, -0.2) is 12.5 Å². The maximum absolute atomic E-state index is 12.2. The molecule has 1 amide bonds. The lowest BCUT2D eigenvalue weighted by atomic mass is 10.0. The zero-order chi connectivity index (χ0) is 14.8. The third-order valence-corrected chi connectivity index (χ3v) is 4.82. The molecule has 0 aromatic heterocycles. The Morgan fingerprint density at radius 3 is 3.00 bits per heavy atom. The number of allylic oxidation sites excluding steroid dienone is 2. The first-order valence-electron chi connectivity index (χ1n) is 6.84. The average molecular weight is 322 g/mol. The van der Waals surface area contributed by atoms with E-state index in [9.17, 15) is 4.79 Å². The summed E-state index contributed by atoms with van der Waals surface area (Å²) in [4.78, 5) is 13.3. The van der Waals surface area contributed by atoms with Gasteiger partial charge in [0.05, 0.1) is 11.3 Å². The van der Waals surface area contributed by atoms with Crippen molar-refractivity contribution in [2.45, 2.75) is 12.8 Å². The maximum Gasteiger partial charge on any atom is 0.258 e. The van der Waals surface area contributed by atoms with Crippen molar-refractivity contribution >= 4 is 35.0 Å². The van der Waals surface area contributed by atoms with Gasteiger partial charge < -0.3 is 16.4 Å². The molecule has 4 nitrogen and oxygen atoms in total. The highest BCUT2D eigenvalue weighted by molar-refractivity contribution is 8.06. The highest BCUT2D eigenvalue weighted by Crippen LogP contribution is 2.39. The molecule has 0 saturated carbocycles. The van der Waals surface area contributed by atoms with Crippen molar-refractivity contribution in [3.63, 3.8) is 0 Å². The van der Waals surface area contributed by atoms with Gasteiger partial charge in [-0.2, -0.15) is 0 Å². The van der Waals surface area contributed by atoms with Crippen LogP contribution in [-0.2, 0) is 0 Å². The number of thioether (sulfide) groups is 1. The fourth-order valence-corrected chi connectivity index (χ4v) is 3.66. The van der Waals surface area contributed by atoms with E-state index < -0.39 is 0 Å². The van der Waals surface area contributed by atoms with Crippen LogP contribution in [0, 0.1) is 5.92 Å². The molecule has 1 aromatic carbocycles. The first-order valence-corrected chi connectivity index (χ1v) is 8.10.